The highest BCUT2D eigenvalue weighted by Crippen LogP contribution is 2.08. The van der Waals surface area contributed by atoms with Gasteiger partial charge >= 0.3 is 18.0 Å². The molecule has 0 aromatic heterocycles. The van der Waals surface area contributed by atoms with E-state index in [1.54, 1.807) is 20.8 Å². The molecule has 0 radical (unpaired) electrons. The van der Waals surface area contributed by atoms with Crippen LogP contribution < -0.4 is 10.6 Å². The quantitative estimate of drug-likeness (QED) is 0.434. The van der Waals surface area contributed by atoms with E-state index in [2.05, 4.69) is 10.6 Å². The fourth-order valence-corrected chi connectivity index (χ4v) is 1.45. The lowest BCUT2D eigenvalue weighted by molar-refractivity contribution is -0.147. The zero-order valence-electron chi connectivity index (χ0n) is 13.8. The molecule has 0 aliphatic carbocycles. The van der Waals surface area contributed by atoms with Crippen molar-refractivity contribution in [2.75, 3.05) is 13.2 Å². The van der Waals surface area contributed by atoms with Crippen molar-refractivity contribution in [2.24, 2.45) is 0 Å². The molecular formula is C14H24N2O7. The van der Waals surface area contributed by atoms with Gasteiger partial charge in [0, 0.05) is 13.3 Å². The molecule has 3 N–H and O–H groups in total. The first-order valence-corrected chi connectivity index (χ1v) is 7.13. The van der Waals surface area contributed by atoms with Gasteiger partial charge < -0.3 is 25.2 Å². The predicted molar refractivity (Wildman–Crippen MR) is 79.7 cm³/mol. The summed E-state index contributed by atoms with van der Waals surface area (Å²) in [7, 11) is 0. The number of carbonyl (C=O) groups excluding carboxylic acids is 3. The highest BCUT2D eigenvalue weighted by Gasteiger charge is 2.26. The highest BCUT2D eigenvalue weighted by molar-refractivity contribution is 5.82. The third-order valence-corrected chi connectivity index (χ3v) is 2.34. The molecule has 0 aromatic carbocycles. The van der Waals surface area contributed by atoms with E-state index < -0.39 is 29.7 Å². The largest absolute Gasteiger partial charge is 0.481 e. The van der Waals surface area contributed by atoms with Gasteiger partial charge in [-0.3, -0.25) is 9.59 Å². The number of rotatable bonds is 8. The van der Waals surface area contributed by atoms with Crippen LogP contribution >= 0.6 is 0 Å². The van der Waals surface area contributed by atoms with Crippen LogP contribution in [0.4, 0.5) is 4.79 Å². The lowest BCUT2D eigenvalue weighted by Gasteiger charge is -2.22. The maximum atomic E-state index is 11.9. The Morgan fingerprint density at radius 2 is 1.78 bits per heavy atom. The number of hydrogen-bond acceptors (Lipinski definition) is 6. The summed E-state index contributed by atoms with van der Waals surface area (Å²) in [6, 6.07) is -1.14. The molecule has 0 bridgehead atoms. The van der Waals surface area contributed by atoms with E-state index in [1.807, 2.05) is 0 Å². The van der Waals surface area contributed by atoms with Crippen LogP contribution in [0.2, 0.25) is 0 Å². The number of carboxylic acid groups (broad SMARTS) is 1. The van der Waals surface area contributed by atoms with Crippen LogP contribution in [0.1, 0.15) is 40.5 Å². The Balaban J connectivity index is 4.53. The molecule has 9 nitrogen and oxygen atoms in total. The molecule has 0 aliphatic rings. The summed E-state index contributed by atoms with van der Waals surface area (Å²) in [5.41, 5.74) is -0.753. The van der Waals surface area contributed by atoms with Gasteiger partial charge in [-0.2, -0.15) is 0 Å². The Morgan fingerprint density at radius 1 is 1.17 bits per heavy atom. The third-order valence-electron chi connectivity index (χ3n) is 2.34. The number of alkyl carbamates (subject to hydrolysis) is 1. The van der Waals surface area contributed by atoms with Crippen molar-refractivity contribution in [3.8, 4) is 0 Å². The van der Waals surface area contributed by atoms with E-state index in [-0.39, 0.29) is 31.9 Å². The van der Waals surface area contributed by atoms with Gasteiger partial charge in [-0.1, -0.05) is 0 Å². The van der Waals surface area contributed by atoms with Gasteiger partial charge in [-0.15, -0.1) is 0 Å². The minimum atomic E-state index is -1.14. The van der Waals surface area contributed by atoms with E-state index in [1.165, 1.54) is 6.92 Å². The van der Waals surface area contributed by atoms with E-state index in [0.29, 0.717) is 0 Å². The van der Waals surface area contributed by atoms with E-state index in [4.69, 9.17) is 14.6 Å². The third kappa shape index (κ3) is 12.0. The number of nitrogens with one attached hydrogen (secondary N) is 2. The number of aliphatic carboxylic acids is 1. The van der Waals surface area contributed by atoms with Crippen LogP contribution in [0.5, 0.6) is 0 Å². The van der Waals surface area contributed by atoms with Gasteiger partial charge in [-0.25, -0.2) is 9.59 Å². The molecule has 0 heterocycles. The molecule has 132 valence electrons. The van der Waals surface area contributed by atoms with Crippen LogP contribution in [0, 0.1) is 0 Å². The van der Waals surface area contributed by atoms with Gasteiger partial charge in [0.2, 0.25) is 5.91 Å². The van der Waals surface area contributed by atoms with Gasteiger partial charge in [0.15, 0.2) is 0 Å². The van der Waals surface area contributed by atoms with E-state index >= 15 is 0 Å². The highest BCUT2D eigenvalue weighted by atomic mass is 16.6. The van der Waals surface area contributed by atoms with Crippen molar-refractivity contribution in [2.45, 2.75) is 52.2 Å². The first-order chi connectivity index (χ1) is 10.5. The fraction of sp³-hybridized carbons (Fsp3) is 0.714. The summed E-state index contributed by atoms with van der Waals surface area (Å²) >= 11 is 0. The average molecular weight is 332 g/mol. The van der Waals surface area contributed by atoms with E-state index in [9.17, 15) is 19.2 Å². The fourth-order valence-electron chi connectivity index (χ4n) is 1.45. The molecule has 0 aliphatic heterocycles. The van der Waals surface area contributed by atoms with Crippen molar-refractivity contribution >= 4 is 23.9 Å². The van der Waals surface area contributed by atoms with Crippen LogP contribution in [0.15, 0.2) is 0 Å². The Kier molecular flexibility index (Phi) is 8.67. The molecule has 1 atom stereocenters. The molecule has 1 unspecified atom stereocenters. The number of amides is 2. The summed E-state index contributed by atoms with van der Waals surface area (Å²) < 4.78 is 9.92. The van der Waals surface area contributed by atoms with Crippen LogP contribution in [-0.2, 0) is 23.9 Å². The van der Waals surface area contributed by atoms with Gasteiger partial charge in [0.25, 0.3) is 0 Å². The van der Waals surface area contributed by atoms with Crippen molar-refractivity contribution < 1.29 is 33.8 Å². The second kappa shape index (κ2) is 9.65. The first kappa shape index (κ1) is 20.7. The van der Waals surface area contributed by atoms with Crippen molar-refractivity contribution in [3.05, 3.63) is 0 Å². The van der Waals surface area contributed by atoms with Crippen LogP contribution in [-0.4, -0.2) is 53.8 Å². The van der Waals surface area contributed by atoms with Gasteiger partial charge in [0.05, 0.1) is 6.54 Å². The van der Waals surface area contributed by atoms with Crippen LogP contribution in [0.3, 0.4) is 0 Å². The summed E-state index contributed by atoms with van der Waals surface area (Å²) in [6.45, 7) is 6.33. The van der Waals surface area contributed by atoms with Crippen molar-refractivity contribution in [3.63, 3.8) is 0 Å². The molecule has 0 saturated heterocycles. The lowest BCUT2D eigenvalue weighted by atomic mass is 10.1. The number of esters is 1. The minimum absolute atomic E-state index is 0.0853. The molecule has 2 amide bonds. The number of carboxylic acids is 1. The zero-order valence-corrected chi connectivity index (χ0v) is 13.8. The molecule has 0 rings (SSSR count). The van der Waals surface area contributed by atoms with Crippen LogP contribution in [0.25, 0.3) is 0 Å². The molecule has 0 spiro atoms. The predicted octanol–water partition coefficient (Wildman–Crippen LogP) is 0.424. The monoisotopic (exact) mass is 332 g/mol. The SMILES string of the molecule is CC(=O)NCCOC(=O)C(CCC(=O)O)NC(=O)OC(C)(C)C. The Morgan fingerprint density at radius 3 is 2.26 bits per heavy atom. The molecular weight excluding hydrogens is 308 g/mol. The summed E-state index contributed by atoms with van der Waals surface area (Å²) in [5, 5.41) is 13.4. The molecule has 0 fully saturated rings. The van der Waals surface area contributed by atoms with E-state index in [0.717, 1.165) is 0 Å². The summed E-state index contributed by atoms with van der Waals surface area (Å²) in [4.78, 5) is 44.9. The normalized spacial score (nSPS) is 12.0. The average Bonchev–Trinajstić information content (AvgIpc) is 2.36. The minimum Gasteiger partial charge on any atom is -0.481 e. The Labute approximate surface area is 134 Å². The Hall–Kier alpha value is -2.32. The maximum absolute atomic E-state index is 11.9. The molecule has 0 saturated carbocycles. The topological polar surface area (TPSA) is 131 Å². The molecule has 23 heavy (non-hydrogen) atoms. The van der Waals surface area contributed by atoms with Gasteiger partial charge in [-0.05, 0) is 27.2 Å². The summed E-state index contributed by atoms with van der Waals surface area (Å²) in [5.74, 6) is -2.16. The zero-order chi connectivity index (χ0) is 18.0. The number of carbonyl (C=O) groups is 4. The lowest BCUT2D eigenvalue weighted by Crippen LogP contribution is -2.45. The first-order valence-electron chi connectivity index (χ1n) is 7.13. The standard InChI is InChI=1S/C14H24N2O7/c1-9(17)15-7-8-22-12(20)10(5-6-11(18)19)16-13(21)23-14(2,3)4/h10H,5-8H2,1-4H3,(H,15,17)(H,16,21)(H,18,19). The second-order valence-electron chi connectivity index (χ2n) is 5.78. The number of ether oxygens (including phenoxy) is 2. The number of hydrogen-bond donors (Lipinski definition) is 3. The maximum Gasteiger partial charge on any atom is 0.408 e. The van der Waals surface area contributed by atoms with Gasteiger partial charge in [0.1, 0.15) is 18.2 Å². The molecule has 0 aromatic rings. The van der Waals surface area contributed by atoms with Crippen molar-refractivity contribution in [1.29, 1.82) is 0 Å². The molecule has 9 heteroatoms. The van der Waals surface area contributed by atoms with Crippen molar-refractivity contribution in [1.82, 2.24) is 10.6 Å². The Bertz CT molecular complexity index is 443. The smallest absolute Gasteiger partial charge is 0.408 e. The second-order valence-corrected chi connectivity index (χ2v) is 5.78. The summed E-state index contributed by atoms with van der Waals surface area (Å²) in [6.07, 6.45) is -1.29.